The molecule has 0 atom stereocenters. The third-order valence-corrected chi connectivity index (χ3v) is 5.22. The van der Waals surface area contributed by atoms with Crippen molar-refractivity contribution in [1.82, 2.24) is 20.1 Å². The molecule has 8 heteroatoms. The fourth-order valence-electron chi connectivity index (χ4n) is 2.91. The number of carbonyl (C=O) groups is 2. The van der Waals surface area contributed by atoms with Crippen molar-refractivity contribution in [2.45, 2.75) is 20.0 Å². The molecule has 3 rings (SSSR count). The minimum Gasteiger partial charge on any atom is -0.478 e. The van der Waals surface area contributed by atoms with Crippen molar-refractivity contribution in [2.75, 3.05) is 26.2 Å². The minimum absolute atomic E-state index is 0.112. The number of benzene rings is 1. The summed E-state index contributed by atoms with van der Waals surface area (Å²) in [5, 5.41) is 13.0. The summed E-state index contributed by atoms with van der Waals surface area (Å²) in [6, 6.07) is 6.50. The molecule has 1 aliphatic heterocycles. The maximum absolute atomic E-state index is 12.3. The number of aromatic nitrogens is 1. The molecule has 138 valence electrons. The van der Waals surface area contributed by atoms with Gasteiger partial charge in [0, 0.05) is 50.3 Å². The number of hydrogen-bond donors (Lipinski definition) is 2. The number of urea groups is 1. The van der Waals surface area contributed by atoms with Crippen LogP contribution in [0.2, 0.25) is 0 Å². The number of nitrogens with zero attached hydrogens (tertiary/aromatic N) is 3. The summed E-state index contributed by atoms with van der Waals surface area (Å²) in [5.74, 6) is -0.967. The summed E-state index contributed by atoms with van der Waals surface area (Å²) in [5.41, 5.74) is 1.00. The Morgan fingerprint density at radius 2 is 2.04 bits per heavy atom. The highest BCUT2D eigenvalue weighted by Gasteiger charge is 2.21. The zero-order chi connectivity index (χ0) is 18.5. The van der Waals surface area contributed by atoms with Crippen LogP contribution in [0.25, 0.3) is 0 Å². The van der Waals surface area contributed by atoms with Gasteiger partial charge in [-0.1, -0.05) is 12.1 Å². The Morgan fingerprint density at radius 3 is 2.69 bits per heavy atom. The molecule has 1 aliphatic rings. The van der Waals surface area contributed by atoms with Crippen LogP contribution in [0.4, 0.5) is 4.79 Å². The van der Waals surface area contributed by atoms with Crippen molar-refractivity contribution in [3.8, 4) is 0 Å². The highest BCUT2D eigenvalue weighted by Crippen LogP contribution is 2.15. The minimum atomic E-state index is -0.967. The van der Waals surface area contributed by atoms with E-state index in [1.165, 1.54) is 10.9 Å². The molecule has 1 aromatic heterocycles. The van der Waals surface area contributed by atoms with Gasteiger partial charge in [-0.05, 0) is 24.6 Å². The molecular weight excluding hydrogens is 352 g/mol. The van der Waals surface area contributed by atoms with Gasteiger partial charge in [-0.2, -0.15) is 0 Å². The molecule has 2 amide bonds. The third-order valence-electron chi connectivity index (χ3n) is 4.33. The van der Waals surface area contributed by atoms with Gasteiger partial charge < -0.3 is 15.3 Å². The van der Waals surface area contributed by atoms with Crippen molar-refractivity contribution in [3.63, 3.8) is 0 Å². The number of aromatic carboxylic acids is 1. The number of nitrogens with one attached hydrogen (secondary N) is 1. The van der Waals surface area contributed by atoms with Gasteiger partial charge in [0.25, 0.3) is 0 Å². The molecule has 2 heterocycles. The number of carbonyl (C=O) groups excluding carboxylic acids is 1. The predicted molar refractivity (Wildman–Crippen MR) is 99.3 cm³/mol. The number of hydrogen-bond acceptors (Lipinski definition) is 5. The fourth-order valence-corrected chi connectivity index (χ4v) is 3.75. The fraction of sp³-hybridized carbons (Fsp3) is 0.389. The van der Waals surface area contributed by atoms with Gasteiger partial charge in [0.1, 0.15) is 0 Å². The Labute approximate surface area is 156 Å². The smallest absolute Gasteiger partial charge is 0.335 e. The highest BCUT2D eigenvalue weighted by atomic mass is 32.1. The van der Waals surface area contributed by atoms with E-state index in [-0.39, 0.29) is 11.6 Å². The van der Waals surface area contributed by atoms with E-state index in [0.29, 0.717) is 19.6 Å². The maximum Gasteiger partial charge on any atom is 0.335 e. The average molecular weight is 374 g/mol. The van der Waals surface area contributed by atoms with Crippen molar-refractivity contribution >= 4 is 23.3 Å². The summed E-state index contributed by atoms with van der Waals surface area (Å²) in [4.78, 5) is 33.0. The van der Waals surface area contributed by atoms with Crippen LogP contribution in [0.5, 0.6) is 0 Å². The summed E-state index contributed by atoms with van der Waals surface area (Å²) < 4.78 is 0. The lowest BCUT2D eigenvalue weighted by Gasteiger charge is -2.34. The van der Waals surface area contributed by atoms with Crippen LogP contribution < -0.4 is 5.32 Å². The number of amides is 2. The van der Waals surface area contributed by atoms with Crippen LogP contribution in [0.1, 0.15) is 25.8 Å². The highest BCUT2D eigenvalue weighted by molar-refractivity contribution is 7.11. The first-order chi connectivity index (χ1) is 12.5. The molecule has 0 aliphatic carbocycles. The first-order valence-electron chi connectivity index (χ1n) is 8.50. The second-order valence-electron chi connectivity index (χ2n) is 6.27. The molecule has 7 nitrogen and oxygen atoms in total. The van der Waals surface area contributed by atoms with Crippen LogP contribution >= 0.6 is 11.3 Å². The molecule has 0 unspecified atom stereocenters. The lowest BCUT2D eigenvalue weighted by molar-refractivity contribution is 0.0696. The molecule has 2 N–H and O–H groups in total. The average Bonchev–Trinajstić information content (AvgIpc) is 3.05. The van der Waals surface area contributed by atoms with E-state index in [1.54, 1.807) is 28.4 Å². The van der Waals surface area contributed by atoms with Crippen molar-refractivity contribution in [2.24, 2.45) is 0 Å². The molecule has 1 fully saturated rings. The first kappa shape index (κ1) is 18.3. The zero-order valence-electron chi connectivity index (χ0n) is 14.6. The molecular formula is C18H22N4O3S. The quantitative estimate of drug-likeness (QED) is 0.838. The van der Waals surface area contributed by atoms with Gasteiger partial charge in [0.2, 0.25) is 0 Å². The largest absolute Gasteiger partial charge is 0.478 e. The lowest BCUT2D eigenvalue weighted by Crippen LogP contribution is -2.51. The molecule has 0 bridgehead atoms. The van der Waals surface area contributed by atoms with E-state index in [2.05, 4.69) is 15.2 Å². The summed E-state index contributed by atoms with van der Waals surface area (Å²) in [6.45, 7) is 6.22. The van der Waals surface area contributed by atoms with E-state index in [4.69, 9.17) is 5.11 Å². The van der Waals surface area contributed by atoms with Gasteiger partial charge in [-0.25, -0.2) is 14.6 Å². The zero-order valence-corrected chi connectivity index (χ0v) is 15.5. The Hall–Kier alpha value is -2.45. The second-order valence-corrected chi connectivity index (χ2v) is 7.59. The van der Waals surface area contributed by atoms with Crippen molar-refractivity contribution in [1.29, 1.82) is 0 Å². The number of rotatable bonds is 5. The third kappa shape index (κ3) is 4.80. The van der Waals surface area contributed by atoms with E-state index in [1.807, 2.05) is 19.2 Å². The predicted octanol–water partition coefficient (Wildman–Crippen LogP) is 2.18. The van der Waals surface area contributed by atoms with Crippen LogP contribution in [-0.4, -0.2) is 58.1 Å². The Balaban J connectivity index is 1.45. The van der Waals surface area contributed by atoms with Gasteiger partial charge in [-0.3, -0.25) is 4.90 Å². The molecule has 0 radical (unpaired) electrons. The first-order valence-corrected chi connectivity index (χ1v) is 9.31. The number of thiazole rings is 1. The van der Waals surface area contributed by atoms with Crippen LogP contribution in [-0.2, 0) is 13.1 Å². The SMILES string of the molecule is Cc1ncc(CN2CCN(C(=O)NCc3cccc(C(=O)O)c3)CC2)s1. The van der Waals surface area contributed by atoms with Crippen LogP contribution in [0, 0.1) is 6.92 Å². The maximum atomic E-state index is 12.3. The van der Waals surface area contributed by atoms with Crippen molar-refractivity contribution in [3.05, 3.63) is 51.5 Å². The van der Waals surface area contributed by atoms with Crippen LogP contribution in [0.15, 0.2) is 30.5 Å². The Morgan fingerprint density at radius 1 is 1.27 bits per heavy atom. The Kier molecular flexibility index (Phi) is 5.85. The summed E-state index contributed by atoms with van der Waals surface area (Å²) >= 11 is 1.71. The summed E-state index contributed by atoms with van der Waals surface area (Å²) in [6.07, 6.45) is 1.92. The number of aryl methyl sites for hydroxylation is 1. The second kappa shape index (κ2) is 8.29. The van der Waals surface area contributed by atoms with E-state index in [0.717, 1.165) is 30.2 Å². The van der Waals surface area contributed by atoms with Gasteiger partial charge in [0.05, 0.1) is 10.6 Å². The topological polar surface area (TPSA) is 85.8 Å². The van der Waals surface area contributed by atoms with Gasteiger partial charge in [-0.15, -0.1) is 11.3 Å². The lowest BCUT2D eigenvalue weighted by atomic mass is 10.1. The molecule has 1 aromatic carbocycles. The summed E-state index contributed by atoms with van der Waals surface area (Å²) in [7, 11) is 0. The molecule has 1 saturated heterocycles. The van der Waals surface area contributed by atoms with Gasteiger partial charge in [0.15, 0.2) is 0 Å². The normalized spacial score (nSPS) is 15.0. The molecule has 0 saturated carbocycles. The number of carboxylic acids is 1. The number of piperazine rings is 1. The van der Waals surface area contributed by atoms with Gasteiger partial charge >= 0.3 is 12.0 Å². The van der Waals surface area contributed by atoms with Crippen LogP contribution in [0.3, 0.4) is 0 Å². The number of carboxylic acid groups (broad SMARTS) is 1. The van der Waals surface area contributed by atoms with E-state index >= 15 is 0 Å². The Bertz CT molecular complexity index is 784. The standard InChI is InChI=1S/C18H22N4O3S/c1-13-19-11-16(26-13)12-21-5-7-22(8-6-21)18(25)20-10-14-3-2-4-15(9-14)17(23)24/h2-4,9,11H,5-8,10,12H2,1H3,(H,20,25)(H,23,24). The van der Waals surface area contributed by atoms with E-state index < -0.39 is 5.97 Å². The molecule has 26 heavy (non-hydrogen) atoms. The van der Waals surface area contributed by atoms with E-state index in [9.17, 15) is 9.59 Å². The molecule has 0 spiro atoms. The molecule has 2 aromatic rings. The van der Waals surface area contributed by atoms with Crippen molar-refractivity contribution < 1.29 is 14.7 Å². The monoisotopic (exact) mass is 374 g/mol.